The third-order valence-corrected chi connectivity index (χ3v) is 5.74. The topological polar surface area (TPSA) is 132 Å². The number of nitrogens with one attached hydrogen (secondary N) is 2. The summed E-state index contributed by atoms with van der Waals surface area (Å²) in [4.78, 5) is 10.8. The fourth-order valence-electron chi connectivity index (χ4n) is 3.68. The van der Waals surface area contributed by atoms with Gasteiger partial charge in [-0.05, 0) is 40.9 Å². The minimum absolute atomic E-state index is 0.0367. The van der Waals surface area contributed by atoms with Crippen molar-refractivity contribution in [1.82, 2.24) is 25.2 Å². The van der Waals surface area contributed by atoms with Gasteiger partial charge in [-0.3, -0.25) is 4.68 Å². The monoisotopic (exact) mass is 457 g/mol. The molecule has 0 bridgehead atoms. The lowest BCUT2D eigenvalue weighted by Gasteiger charge is -2.33. The Labute approximate surface area is 188 Å². The minimum atomic E-state index is -1.86. The molecule has 4 N–H and O–H groups in total. The Morgan fingerprint density at radius 1 is 1.38 bits per heavy atom. The second-order valence-electron chi connectivity index (χ2n) is 7.43. The van der Waals surface area contributed by atoms with Crippen LogP contribution in [0, 0.1) is 5.21 Å². The van der Waals surface area contributed by atoms with Gasteiger partial charge in [-0.1, -0.05) is 0 Å². The van der Waals surface area contributed by atoms with Crippen LogP contribution >= 0.6 is 11.3 Å². The van der Waals surface area contributed by atoms with Gasteiger partial charge in [0.2, 0.25) is 11.4 Å². The van der Waals surface area contributed by atoms with Gasteiger partial charge in [0, 0.05) is 30.4 Å². The molecule has 3 aromatic rings. The maximum atomic E-state index is 12.6. The van der Waals surface area contributed by atoms with Crippen LogP contribution < -0.4 is 20.2 Å². The van der Waals surface area contributed by atoms with Gasteiger partial charge in [0.25, 0.3) is 0 Å². The van der Waals surface area contributed by atoms with E-state index in [-0.39, 0.29) is 18.0 Å². The van der Waals surface area contributed by atoms with Gasteiger partial charge in [0.15, 0.2) is 5.75 Å². The zero-order valence-electron chi connectivity index (χ0n) is 17.7. The first-order chi connectivity index (χ1) is 15.2. The van der Waals surface area contributed by atoms with Gasteiger partial charge < -0.3 is 25.7 Å². The van der Waals surface area contributed by atoms with Crippen LogP contribution in [0.3, 0.4) is 0 Å². The van der Waals surface area contributed by atoms with Crippen LogP contribution in [0.2, 0.25) is 0 Å². The number of hydrogen-bond acceptors (Lipinski definition) is 7. The number of aromatic hydroxyl groups is 1. The number of nitrogens with zero attached hydrogens (tertiary/aromatic N) is 3. The van der Waals surface area contributed by atoms with Gasteiger partial charge in [-0.2, -0.15) is 21.2 Å². The summed E-state index contributed by atoms with van der Waals surface area (Å²) in [6.07, 6.45) is 3.44. The van der Waals surface area contributed by atoms with Gasteiger partial charge in [-0.15, -0.1) is 0 Å². The smallest absolute Gasteiger partial charge is 0.320 e. The number of phenols is 1. The normalized spacial score (nSPS) is 18.2. The molecule has 32 heavy (non-hydrogen) atoms. The molecule has 2 atom stereocenters. The number of hydroxylamine groups is 2. The van der Waals surface area contributed by atoms with Crippen molar-refractivity contribution in [3.63, 3.8) is 0 Å². The van der Waals surface area contributed by atoms with E-state index in [1.165, 1.54) is 17.4 Å². The van der Waals surface area contributed by atoms with E-state index in [1.54, 1.807) is 37.1 Å². The Kier molecular flexibility index (Phi) is 5.65. The van der Waals surface area contributed by atoms with E-state index in [2.05, 4.69) is 15.7 Å². The van der Waals surface area contributed by atoms with Gasteiger partial charge in [0.05, 0.1) is 24.5 Å². The molecule has 168 valence electrons. The van der Waals surface area contributed by atoms with Crippen molar-refractivity contribution >= 4 is 34.3 Å². The summed E-state index contributed by atoms with van der Waals surface area (Å²) in [6, 6.07) is 3.71. The van der Waals surface area contributed by atoms with Crippen LogP contribution in [0.25, 0.3) is 11.3 Å². The highest BCUT2D eigenvalue weighted by Gasteiger charge is 2.33. The SMILES string of the molecule is CCOc1cc(C2NC(=O)NC(c3cnn(C)c3)=C2c2ccsc2)cc([N+](C)([O-])O)c1O. The number of urea groups is 1. The molecule has 0 radical (unpaired) electrons. The summed E-state index contributed by atoms with van der Waals surface area (Å²) < 4.78 is 7.14. The Bertz CT molecular complexity index is 1180. The molecule has 10 nitrogen and oxygen atoms in total. The van der Waals surface area contributed by atoms with Crippen LogP contribution in [0.1, 0.15) is 29.7 Å². The molecule has 1 aromatic carbocycles. The number of benzene rings is 1. The zero-order valence-corrected chi connectivity index (χ0v) is 18.5. The summed E-state index contributed by atoms with van der Waals surface area (Å²) in [5.74, 6) is -0.418. The van der Waals surface area contributed by atoms with Gasteiger partial charge >= 0.3 is 6.03 Å². The number of hydrogen-bond donors (Lipinski definition) is 4. The van der Waals surface area contributed by atoms with E-state index >= 15 is 0 Å². The number of aryl methyl sites for hydroxylation is 1. The first-order valence-electron chi connectivity index (χ1n) is 9.82. The Balaban J connectivity index is 1.97. The summed E-state index contributed by atoms with van der Waals surface area (Å²) in [6.45, 7) is 1.97. The van der Waals surface area contributed by atoms with Crippen molar-refractivity contribution in [2.24, 2.45) is 7.05 Å². The number of ether oxygens (including phenoxy) is 1. The first kappa shape index (κ1) is 21.8. The fourth-order valence-corrected chi connectivity index (χ4v) is 4.34. The molecular formula is C21H23N5O5S. The van der Waals surface area contributed by atoms with Crippen LogP contribution in [-0.2, 0) is 7.05 Å². The molecule has 4 rings (SSSR count). The Morgan fingerprint density at radius 2 is 2.16 bits per heavy atom. The van der Waals surface area contributed by atoms with Gasteiger partial charge in [0.1, 0.15) is 7.05 Å². The number of carbonyl (C=O) groups is 1. The molecule has 1 aliphatic rings. The van der Waals surface area contributed by atoms with Crippen molar-refractivity contribution in [3.05, 3.63) is 63.3 Å². The molecule has 2 unspecified atom stereocenters. The highest BCUT2D eigenvalue weighted by atomic mass is 32.1. The summed E-state index contributed by atoms with van der Waals surface area (Å²) in [7, 11) is 2.76. The summed E-state index contributed by atoms with van der Waals surface area (Å²) in [5.41, 5.74) is 3.06. The predicted octanol–water partition coefficient (Wildman–Crippen LogP) is 3.33. The van der Waals surface area contributed by atoms with Crippen LogP contribution in [0.5, 0.6) is 11.5 Å². The predicted molar refractivity (Wildman–Crippen MR) is 121 cm³/mol. The fraction of sp³-hybridized carbons (Fsp3) is 0.238. The molecule has 0 fully saturated rings. The lowest BCUT2D eigenvalue weighted by Crippen LogP contribution is -2.43. The van der Waals surface area contributed by atoms with Crippen molar-refractivity contribution in [2.75, 3.05) is 13.7 Å². The van der Waals surface area contributed by atoms with E-state index in [0.29, 0.717) is 16.8 Å². The molecular weight excluding hydrogens is 434 g/mol. The molecule has 0 aliphatic carbocycles. The van der Waals surface area contributed by atoms with E-state index in [0.717, 1.165) is 18.2 Å². The Hall–Kier alpha value is -3.38. The van der Waals surface area contributed by atoms with Crippen LogP contribution in [0.4, 0.5) is 10.5 Å². The molecule has 0 saturated heterocycles. The number of aromatic nitrogens is 2. The van der Waals surface area contributed by atoms with E-state index in [4.69, 9.17) is 4.74 Å². The number of quaternary nitrogens is 1. The number of rotatable bonds is 6. The largest absolute Gasteiger partial charge is 0.593 e. The number of carbonyl (C=O) groups excluding carboxylic acids is 1. The zero-order chi connectivity index (χ0) is 23.0. The molecule has 0 spiro atoms. The number of amides is 2. The third-order valence-electron chi connectivity index (χ3n) is 5.06. The maximum absolute atomic E-state index is 12.6. The van der Waals surface area contributed by atoms with E-state index in [9.17, 15) is 20.3 Å². The molecule has 1 aliphatic heterocycles. The minimum Gasteiger partial charge on any atom is -0.593 e. The number of phenolic OH excluding ortho intramolecular Hbond substituents is 1. The van der Waals surface area contributed by atoms with Crippen LogP contribution in [0.15, 0.2) is 41.4 Å². The quantitative estimate of drug-likeness (QED) is 0.332. The molecule has 0 saturated carbocycles. The second kappa shape index (κ2) is 8.28. The van der Waals surface area contributed by atoms with Crippen molar-refractivity contribution in [2.45, 2.75) is 13.0 Å². The summed E-state index contributed by atoms with van der Waals surface area (Å²) in [5, 5.41) is 46.7. The lowest BCUT2D eigenvalue weighted by molar-refractivity contribution is -0.00637. The standard InChI is InChI=1S/C21H23N5O5S/c1-4-31-16-8-13(7-15(20(16)27)26(3,29)30)18-17(12-5-6-32-11-12)19(24-21(28)23-18)14-9-22-25(2)10-14/h5-11,18,27,29H,4H2,1-3H3,(H2,23,24,28). The molecule has 2 amide bonds. The average molecular weight is 458 g/mol. The summed E-state index contributed by atoms with van der Waals surface area (Å²) >= 11 is 1.50. The average Bonchev–Trinajstić information content (AvgIpc) is 3.40. The third kappa shape index (κ3) is 4.06. The number of thiophene rings is 1. The van der Waals surface area contributed by atoms with Crippen molar-refractivity contribution in [3.8, 4) is 11.5 Å². The highest BCUT2D eigenvalue weighted by Crippen LogP contribution is 2.45. The van der Waals surface area contributed by atoms with Gasteiger partial charge in [-0.25, -0.2) is 10.0 Å². The molecule has 2 aromatic heterocycles. The van der Waals surface area contributed by atoms with Crippen molar-refractivity contribution in [1.29, 1.82) is 0 Å². The molecule has 11 heteroatoms. The maximum Gasteiger partial charge on any atom is 0.320 e. The molecule has 3 heterocycles. The lowest BCUT2D eigenvalue weighted by atomic mass is 9.89. The second-order valence-corrected chi connectivity index (χ2v) is 8.21. The first-order valence-corrected chi connectivity index (χ1v) is 10.8. The van der Waals surface area contributed by atoms with Crippen LogP contribution in [-0.4, -0.2) is 39.8 Å². The van der Waals surface area contributed by atoms with E-state index < -0.39 is 22.6 Å². The van der Waals surface area contributed by atoms with Crippen molar-refractivity contribution < 1.29 is 19.8 Å². The van der Waals surface area contributed by atoms with E-state index in [1.807, 2.05) is 16.8 Å². The highest BCUT2D eigenvalue weighted by molar-refractivity contribution is 7.08. The Morgan fingerprint density at radius 3 is 2.75 bits per heavy atom.